The monoisotopic (exact) mass is 438 g/mol. The van der Waals surface area contributed by atoms with Gasteiger partial charge in [0, 0.05) is 26.1 Å². The molecule has 1 saturated heterocycles. The molecule has 1 fully saturated rings. The number of carbonyl (C=O) groups excluding carboxylic acids is 1. The number of rotatable bonds is 7. The summed E-state index contributed by atoms with van der Waals surface area (Å²) in [5.74, 6) is -0.287. The fourth-order valence-electron chi connectivity index (χ4n) is 3.71. The van der Waals surface area contributed by atoms with Gasteiger partial charge in [-0.1, -0.05) is 48.5 Å². The van der Waals surface area contributed by atoms with E-state index in [0.29, 0.717) is 13.0 Å². The van der Waals surface area contributed by atoms with Crippen molar-refractivity contribution in [2.45, 2.75) is 30.8 Å². The van der Waals surface area contributed by atoms with Gasteiger partial charge in [0.05, 0.1) is 4.90 Å². The normalized spacial score (nSPS) is 14.2. The standard InChI is InChI=1S/C24H23FN2O3S/c25-21-11-13-22(14-12-21)31(29,30)26-16-20-4-1-2-5-23(20)19-9-7-18(8-10-19)17-27-15-3-6-24(27)28/h1-2,4-5,7-14,26H,3,6,15-17H2. The third-order valence-corrected chi connectivity index (χ3v) is 6.82. The molecule has 0 atom stereocenters. The number of likely N-dealkylation sites (tertiary alicyclic amines) is 1. The molecule has 1 aliphatic rings. The summed E-state index contributed by atoms with van der Waals surface area (Å²) in [5, 5.41) is 0. The van der Waals surface area contributed by atoms with Crippen molar-refractivity contribution in [2.75, 3.05) is 6.54 Å². The van der Waals surface area contributed by atoms with Crippen molar-refractivity contribution in [3.63, 3.8) is 0 Å². The third kappa shape index (κ3) is 5.00. The summed E-state index contributed by atoms with van der Waals surface area (Å²) in [7, 11) is -3.75. The van der Waals surface area contributed by atoms with Gasteiger partial charge in [-0.3, -0.25) is 4.79 Å². The zero-order chi connectivity index (χ0) is 21.8. The smallest absolute Gasteiger partial charge is 0.240 e. The molecule has 4 rings (SSSR count). The molecule has 1 N–H and O–H groups in total. The van der Waals surface area contributed by atoms with Crippen molar-refractivity contribution in [1.82, 2.24) is 9.62 Å². The lowest BCUT2D eigenvalue weighted by molar-refractivity contribution is -0.128. The molecule has 0 bridgehead atoms. The van der Waals surface area contributed by atoms with E-state index in [1.54, 1.807) is 0 Å². The maximum absolute atomic E-state index is 13.1. The highest BCUT2D eigenvalue weighted by Crippen LogP contribution is 2.25. The molecule has 1 heterocycles. The van der Waals surface area contributed by atoms with Gasteiger partial charge in [-0.25, -0.2) is 17.5 Å². The molecule has 0 aliphatic carbocycles. The minimum atomic E-state index is -3.75. The number of carbonyl (C=O) groups is 1. The third-order valence-electron chi connectivity index (χ3n) is 5.40. The first-order valence-electron chi connectivity index (χ1n) is 10.1. The van der Waals surface area contributed by atoms with E-state index in [9.17, 15) is 17.6 Å². The second kappa shape index (κ2) is 8.99. The molecule has 31 heavy (non-hydrogen) atoms. The van der Waals surface area contributed by atoms with Gasteiger partial charge in [-0.15, -0.1) is 0 Å². The molecule has 0 radical (unpaired) electrons. The van der Waals surface area contributed by atoms with Gasteiger partial charge in [-0.2, -0.15) is 0 Å². The van der Waals surface area contributed by atoms with E-state index >= 15 is 0 Å². The van der Waals surface area contributed by atoms with Crippen LogP contribution in [0.5, 0.6) is 0 Å². The van der Waals surface area contributed by atoms with Crippen molar-refractivity contribution in [2.24, 2.45) is 0 Å². The summed E-state index contributed by atoms with van der Waals surface area (Å²) in [6, 6.07) is 20.3. The van der Waals surface area contributed by atoms with E-state index in [-0.39, 0.29) is 17.3 Å². The average Bonchev–Trinajstić information content (AvgIpc) is 3.18. The van der Waals surface area contributed by atoms with Gasteiger partial charge >= 0.3 is 0 Å². The number of amides is 1. The maximum Gasteiger partial charge on any atom is 0.240 e. The lowest BCUT2D eigenvalue weighted by Crippen LogP contribution is -2.23. The molecular formula is C24H23FN2O3S. The lowest BCUT2D eigenvalue weighted by atomic mass is 9.98. The second-order valence-electron chi connectivity index (χ2n) is 7.55. The first kappa shape index (κ1) is 21.2. The Balaban J connectivity index is 1.49. The van der Waals surface area contributed by atoms with Crippen LogP contribution in [0.2, 0.25) is 0 Å². The van der Waals surface area contributed by atoms with Crippen LogP contribution in [0.15, 0.2) is 77.7 Å². The van der Waals surface area contributed by atoms with Crippen LogP contribution < -0.4 is 4.72 Å². The van der Waals surface area contributed by atoms with Crippen molar-refractivity contribution >= 4 is 15.9 Å². The van der Waals surface area contributed by atoms with Gasteiger partial charge in [0.2, 0.25) is 15.9 Å². The van der Waals surface area contributed by atoms with E-state index < -0.39 is 15.8 Å². The Morgan fingerprint density at radius 2 is 1.65 bits per heavy atom. The van der Waals surface area contributed by atoms with Gasteiger partial charge in [0.1, 0.15) is 5.82 Å². The van der Waals surface area contributed by atoms with Crippen molar-refractivity contribution in [3.05, 3.63) is 89.7 Å². The van der Waals surface area contributed by atoms with Crippen LogP contribution >= 0.6 is 0 Å². The average molecular weight is 439 g/mol. The van der Waals surface area contributed by atoms with Crippen molar-refractivity contribution < 1.29 is 17.6 Å². The van der Waals surface area contributed by atoms with Crippen LogP contribution in [0.3, 0.4) is 0 Å². The summed E-state index contributed by atoms with van der Waals surface area (Å²) in [6.07, 6.45) is 1.54. The van der Waals surface area contributed by atoms with Gasteiger partial charge in [-0.05, 0) is 52.9 Å². The fourth-order valence-corrected chi connectivity index (χ4v) is 4.71. The molecule has 1 aliphatic heterocycles. The van der Waals surface area contributed by atoms with Crippen LogP contribution in [0.1, 0.15) is 24.0 Å². The molecule has 7 heteroatoms. The number of nitrogens with zero attached hydrogens (tertiary/aromatic N) is 1. The first-order valence-corrected chi connectivity index (χ1v) is 11.6. The number of sulfonamides is 1. The molecule has 0 unspecified atom stereocenters. The summed E-state index contributed by atoms with van der Waals surface area (Å²) >= 11 is 0. The molecule has 0 aromatic heterocycles. The number of hydrogen-bond donors (Lipinski definition) is 1. The van der Waals surface area contributed by atoms with Gasteiger partial charge in [0.25, 0.3) is 0 Å². The molecule has 160 valence electrons. The summed E-state index contributed by atoms with van der Waals surface area (Å²) in [6.45, 7) is 1.52. The van der Waals surface area contributed by atoms with E-state index in [4.69, 9.17) is 0 Å². The summed E-state index contributed by atoms with van der Waals surface area (Å²) < 4.78 is 40.8. The highest BCUT2D eigenvalue weighted by atomic mass is 32.2. The largest absolute Gasteiger partial charge is 0.338 e. The minimum Gasteiger partial charge on any atom is -0.338 e. The van der Waals surface area contributed by atoms with Gasteiger partial charge in [0.15, 0.2) is 0 Å². The Morgan fingerprint density at radius 3 is 2.32 bits per heavy atom. The maximum atomic E-state index is 13.1. The molecule has 3 aromatic carbocycles. The van der Waals surface area contributed by atoms with Crippen LogP contribution in [-0.4, -0.2) is 25.8 Å². The Hall–Kier alpha value is -3.03. The summed E-state index contributed by atoms with van der Waals surface area (Å²) in [5.41, 5.74) is 3.78. The predicted octanol–water partition coefficient (Wildman–Crippen LogP) is 4.09. The Kier molecular flexibility index (Phi) is 6.15. The van der Waals surface area contributed by atoms with E-state index in [1.807, 2.05) is 53.4 Å². The number of nitrogens with one attached hydrogen (secondary N) is 1. The topological polar surface area (TPSA) is 66.5 Å². The van der Waals surface area contributed by atoms with Crippen molar-refractivity contribution in [1.29, 1.82) is 0 Å². The molecular weight excluding hydrogens is 415 g/mol. The Bertz CT molecular complexity index is 1180. The molecule has 3 aromatic rings. The number of benzene rings is 3. The number of halogens is 1. The second-order valence-corrected chi connectivity index (χ2v) is 9.32. The van der Waals surface area contributed by atoms with E-state index in [1.165, 1.54) is 12.1 Å². The first-order chi connectivity index (χ1) is 14.9. The van der Waals surface area contributed by atoms with Gasteiger partial charge < -0.3 is 4.90 Å². The summed E-state index contributed by atoms with van der Waals surface area (Å²) in [4.78, 5) is 13.7. The van der Waals surface area contributed by atoms with E-state index in [0.717, 1.165) is 47.4 Å². The molecule has 1 amide bonds. The quantitative estimate of drug-likeness (QED) is 0.604. The molecule has 5 nitrogen and oxygen atoms in total. The zero-order valence-corrected chi connectivity index (χ0v) is 17.7. The highest BCUT2D eigenvalue weighted by Gasteiger charge is 2.20. The Morgan fingerprint density at radius 1 is 0.935 bits per heavy atom. The zero-order valence-electron chi connectivity index (χ0n) is 16.9. The van der Waals surface area contributed by atoms with Crippen LogP contribution in [-0.2, 0) is 27.9 Å². The predicted molar refractivity (Wildman–Crippen MR) is 117 cm³/mol. The van der Waals surface area contributed by atoms with Crippen LogP contribution in [0.25, 0.3) is 11.1 Å². The minimum absolute atomic E-state index is 0.0205. The SMILES string of the molecule is O=C1CCCN1Cc1ccc(-c2ccccc2CNS(=O)(=O)c2ccc(F)cc2)cc1. The highest BCUT2D eigenvalue weighted by molar-refractivity contribution is 7.89. The molecule has 0 saturated carbocycles. The number of hydrogen-bond acceptors (Lipinski definition) is 3. The van der Waals surface area contributed by atoms with Crippen LogP contribution in [0, 0.1) is 5.82 Å². The molecule has 0 spiro atoms. The Labute approximate surface area is 181 Å². The van der Waals surface area contributed by atoms with E-state index in [2.05, 4.69) is 4.72 Å². The fraction of sp³-hybridized carbons (Fsp3) is 0.208. The van der Waals surface area contributed by atoms with Crippen molar-refractivity contribution in [3.8, 4) is 11.1 Å². The lowest BCUT2D eigenvalue weighted by Gasteiger charge is -2.16. The van der Waals surface area contributed by atoms with Crippen LogP contribution in [0.4, 0.5) is 4.39 Å².